The highest BCUT2D eigenvalue weighted by atomic mass is 16.5. The van der Waals surface area contributed by atoms with Crippen LogP contribution in [0, 0.1) is 5.92 Å². The number of rotatable bonds is 19. The highest BCUT2D eigenvalue weighted by Gasteiger charge is 2.39. The third-order valence-electron chi connectivity index (χ3n) is 10.6. The number of amides is 5. The summed E-state index contributed by atoms with van der Waals surface area (Å²) < 4.78 is 34.1. The number of fused-ring (bicyclic) bond motifs is 2. The van der Waals surface area contributed by atoms with Gasteiger partial charge < -0.3 is 55.0 Å². The van der Waals surface area contributed by atoms with E-state index in [0.717, 1.165) is 16.7 Å². The van der Waals surface area contributed by atoms with Crippen LogP contribution >= 0.6 is 0 Å². The van der Waals surface area contributed by atoms with Crippen molar-refractivity contribution in [1.29, 1.82) is 0 Å². The smallest absolute Gasteiger partial charge is 0.408 e. The Hall–Kier alpha value is -6.36. The Morgan fingerprint density at radius 3 is 1.84 bits per heavy atom. The Labute approximate surface area is 375 Å². The molecule has 0 bridgehead atoms. The van der Waals surface area contributed by atoms with E-state index in [1.54, 1.807) is 77.9 Å². The van der Waals surface area contributed by atoms with E-state index in [-0.39, 0.29) is 19.6 Å². The van der Waals surface area contributed by atoms with E-state index in [9.17, 15) is 28.8 Å². The van der Waals surface area contributed by atoms with Gasteiger partial charge in [-0.3, -0.25) is 24.0 Å². The minimum atomic E-state index is -1.29. The molecule has 64 heavy (non-hydrogen) atoms. The second-order valence-corrected chi connectivity index (χ2v) is 17.3. The molecule has 1 aliphatic rings. The molecule has 348 valence electrons. The van der Waals surface area contributed by atoms with Crippen LogP contribution in [0.15, 0.2) is 54.6 Å². The number of esters is 1. The number of carbonyl (C=O) groups is 6. The van der Waals surface area contributed by atoms with Gasteiger partial charge in [0.15, 0.2) is 0 Å². The minimum Gasteiger partial charge on any atom is -0.496 e. The number of carbonyl (C=O) groups excluding carboxylic acids is 6. The van der Waals surface area contributed by atoms with E-state index in [4.69, 9.17) is 28.4 Å². The average Bonchev–Trinajstić information content (AvgIpc) is 3.24. The monoisotopic (exact) mass is 889 g/mol. The fraction of sp³-hybridized carbons (Fsp3) is 0.489. The van der Waals surface area contributed by atoms with Gasteiger partial charge >= 0.3 is 12.1 Å². The van der Waals surface area contributed by atoms with E-state index in [1.807, 2.05) is 32.0 Å². The summed E-state index contributed by atoms with van der Waals surface area (Å²) in [6.07, 6.45) is -1.82. The molecule has 1 aliphatic heterocycles. The van der Waals surface area contributed by atoms with Crippen molar-refractivity contribution in [2.45, 2.75) is 117 Å². The van der Waals surface area contributed by atoms with Gasteiger partial charge in [-0.1, -0.05) is 70.2 Å². The van der Waals surface area contributed by atoms with Gasteiger partial charge in [0.05, 0.1) is 58.1 Å². The van der Waals surface area contributed by atoms with Crippen molar-refractivity contribution in [2.75, 3.05) is 27.9 Å². The lowest BCUT2D eigenvalue weighted by Crippen LogP contribution is -2.61. The van der Waals surface area contributed by atoms with Crippen LogP contribution in [0.4, 0.5) is 4.79 Å². The summed E-state index contributed by atoms with van der Waals surface area (Å²) in [4.78, 5) is 79.2. The van der Waals surface area contributed by atoms with Crippen molar-refractivity contribution in [3.05, 3.63) is 82.4 Å². The third kappa shape index (κ3) is 12.9. The average molecular weight is 890 g/mol. The maximum atomic E-state index is 13.9. The maximum absolute atomic E-state index is 13.9. The predicted molar refractivity (Wildman–Crippen MR) is 237 cm³/mol. The zero-order chi connectivity index (χ0) is 47.5. The van der Waals surface area contributed by atoms with Crippen LogP contribution in [0.5, 0.6) is 23.0 Å². The molecule has 3 aromatic rings. The summed E-state index contributed by atoms with van der Waals surface area (Å²) in [5.41, 5.74) is 2.09. The van der Waals surface area contributed by atoms with Gasteiger partial charge in [-0.05, 0) is 58.2 Å². The molecule has 5 amide bonds. The van der Waals surface area contributed by atoms with Crippen LogP contribution < -0.4 is 40.8 Å². The molecule has 0 aliphatic carbocycles. The number of hydrogen-bond donors (Lipinski definition) is 5. The first-order valence-corrected chi connectivity index (χ1v) is 21.1. The van der Waals surface area contributed by atoms with Gasteiger partial charge in [0.1, 0.15) is 47.7 Å². The van der Waals surface area contributed by atoms with Crippen molar-refractivity contribution >= 4 is 35.7 Å². The Kier molecular flexibility index (Phi) is 17.1. The highest BCUT2D eigenvalue weighted by molar-refractivity contribution is 5.95. The van der Waals surface area contributed by atoms with E-state index in [0.29, 0.717) is 34.1 Å². The molecule has 0 unspecified atom stereocenters. The van der Waals surface area contributed by atoms with Crippen molar-refractivity contribution in [1.82, 2.24) is 26.6 Å². The lowest BCUT2D eigenvalue weighted by molar-refractivity contribution is -0.140. The second-order valence-electron chi connectivity index (χ2n) is 17.3. The molecule has 0 fully saturated rings. The molecule has 17 heteroatoms. The molecule has 17 nitrogen and oxygen atoms in total. The molecule has 0 radical (unpaired) electrons. The van der Waals surface area contributed by atoms with E-state index >= 15 is 0 Å². The number of ether oxygens (including phenoxy) is 6. The van der Waals surface area contributed by atoms with E-state index in [2.05, 4.69) is 26.6 Å². The second kappa shape index (κ2) is 21.8. The van der Waals surface area contributed by atoms with Crippen molar-refractivity contribution in [2.24, 2.45) is 5.92 Å². The maximum Gasteiger partial charge on any atom is 0.408 e. The Balaban J connectivity index is 1.45. The lowest BCUT2D eigenvalue weighted by atomic mass is 9.74. The largest absolute Gasteiger partial charge is 0.496 e. The summed E-state index contributed by atoms with van der Waals surface area (Å²) in [5, 5.41) is 13.3. The van der Waals surface area contributed by atoms with Crippen molar-refractivity contribution in [3.63, 3.8) is 0 Å². The molecule has 0 saturated heterocycles. The van der Waals surface area contributed by atoms with Gasteiger partial charge in [-0.15, -0.1) is 0 Å². The molecule has 0 saturated carbocycles. The number of alkyl carbamates (subject to hydrolysis) is 1. The number of benzene rings is 3. The number of methoxy groups -OCH3 is 3. The molecule has 3 aromatic carbocycles. The zero-order valence-electron chi connectivity index (χ0n) is 38.8. The SMILES string of the molecule is COC(=O)Cc1c(OC)ccc2c1Oc1c(ccc(OC)c1CNC(=O)CNC(=O)[C@@H](NC(=O)[C@@H](NC(=O)[C@H](C)NC(=O)OCc1ccccc1)[C@@H](C)OC(C)(C)C)C(C)C)C2(C)C. The first-order valence-electron chi connectivity index (χ1n) is 21.1. The molecule has 4 rings (SSSR count). The molecule has 0 aromatic heterocycles. The van der Waals surface area contributed by atoms with Gasteiger partial charge in [0.2, 0.25) is 23.6 Å². The fourth-order valence-corrected chi connectivity index (χ4v) is 7.23. The molecule has 4 atom stereocenters. The highest BCUT2D eigenvalue weighted by Crippen LogP contribution is 2.53. The van der Waals surface area contributed by atoms with Crippen molar-refractivity contribution in [3.8, 4) is 23.0 Å². The summed E-state index contributed by atoms with van der Waals surface area (Å²) in [6, 6.07) is 12.9. The summed E-state index contributed by atoms with van der Waals surface area (Å²) >= 11 is 0. The van der Waals surface area contributed by atoms with Crippen LogP contribution in [0.1, 0.15) is 90.1 Å². The Morgan fingerprint density at radius 1 is 0.703 bits per heavy atom. The van der Waals surface area contributed by atoms with E-state index < -0.39 is 83.4 Å². The quantitative estimate of drug-likeness (QED) is 0.103. The van der Waals surface area contributed by atoms with Gasteiger partial charge in [0.25, 0.3) is 0 Å². The van der Waals surface area contributed by atoms with Crippen LogP contribution in [0.2, 0.25) is 0 Å². The first kappa shape index (κ1) is 50.3. The summed E-state index contributed by atoms with van der Waals surface area (Å²) in [6.45, 7) is 15.4. The fourth-order valence-electron chi connectivity index (χ4n) is 7.23. The van der Waals surface area contributed by atoms with Crippen LogP contribution in [0.25, 0.3) is 0 Å². The summed E-state index contributed by atoms with van der Waals surface area (Å²) in [7, 11) is 4.30. The molecule has 1 heterocycles. The topological polar surface area (TPSA) is 218 Å². The van der Waals surface area contributed by atoms with Gasteiger partial charge in [-0.2, -0.15) is 0 Å². The van der Waals surface area contributed by atoms with Crippen LogP contribution in [-0.4, -0.2) is 93.4 Å². The standard InChI is InChI=1S/C47H63N5O12/c1-26(2)38(51-44(57)39(28(4)64-46(5,6)7)52-42(55)27(3)50-45(58)62-25-29-16-14-13-15-17-29)43(56)49-24-36(53)48-23-31-35(60-11)21-19-33-41(31)63-40-30(22-37(54)61-12)34(59-10)20-18-32(40)47(33,8)9/h13-21,26-28,38-39H,22-25H2,1-12H3,(H,48,53)(H,49,56)(H,50,58)(H,51,57)(H,52,55)/t27-,28+,38-,39-/m0/s1. The van der Waals surface area contributed by atoms with E-state index in [1.165, 1.54) is 28.3 Å². The number of nitrogens with one attached hydrogen (secondary N) is 5. The Morgan fingerprint density at radius 2 is 1.28 bits per heavy atom. The third-order valence-corrected chi connectivity index (χ3v) is 10.6. The van der Waals surface area contributed by atoms with Crippen molar-refractivity contribution < 1.29 is 57.2 Å². The van der Waals surface area contributed by atoms with Crippen LogP contribution in [0.3, 0.4) is 0 Å². The van der Waals surface area contributed by atoms with Gasteiger partial charge in [0, 0.05) is 22.1 Å². The van der Waals surface area contributed by atoms with Gasteiger partial charge in [-0.25, -0.2) is 4.79 Å². The Bertz CT molecular complexity index is 2170. The molecular formula is C47H63N5O12. The molecule has 0 spiro atoms. The zero-order valence-corrected chi connectivity index (χ0v) is 38.8. The minimum absolute atomic E-state index is 0.00680. The number of hydrogen-bond acceptors (Lipinski definition) is 12. The lowest BCUT2D eigenvalue weighted by Gasteiger charge is -2.37. The predicted octanol–water partition coefficient (Wildman–Crippen LogP) is 4.73. The van der Waals surface area contributed by atoms with Crippen LogP contribution in [-0.2, 0) is 63.2 Å². The molecule has 5 N–H and O–H groups in total. The molecular weight excluding hydrogens is 827 g/mol. The summed E-state index contributed by atoms with van der Waals surface area (Å²) in [5.74, 6) is -1.80. The first-order chi connectivity index (χ1) is 30.1. The normalized spacial score (nSPS) is 14.5.